The summed E-state index contributed by atoms with van der Waals surface area (Å²) < 4.78 is 54.0. The Balaban J connectivity index is 2.09. The van der Waals surface area contributed by atoms with Gasteiger partial charge in [0.1, 0.15) is 12.0 Å². The van der Waals surface area contributed by atoms with Gasteiger partial charge in [-0.15, -0.1) is 0 Å². The van der Waals surface area contributed by atoms with Crippen molar-refractivity contribution in [1.29, 1.82) is 5.26 Å². The number of likely N-dealkylation sites (tertiary alicyclic amines) is 1. The second kappa shape index (κ2) is 7.92. The molecule has 0 amide bonds. The molecular formula is C16H20F4N4. The lowest BCUT2D eigenvalue weighted by molar-refractivity contribution is 0.0310. The molecule has 1 aromatic rings. The monoisotopic (exact) mass is 344 g/mol. The van der Waals surface area contributed by atoms with Crippen molar-refractivity contribution in [2.75, 3.05) is 20.1 Å². The molecule has 0 bridgehead atoms. The quantitative estimate of drug-likeness (QED) is 0.615. The third-order valence-electron chi connectivity index (χ3n) is 4.38. The highest BCUT2D eigenvalue weighted by atomic mass is 19.3. The first-order chi connectivity index (χ1) is 11.4. The average molecular weight is 344 g/mol. The average Bonchev–Trinajstić information content (AvgIpc) is 2.53. The van der Waals surface area contributed by atoms with Crippen LogP contribution in [0, 0.1) is 17.1 Å². The molecule has 132 valence electrons. The Kier molecular flexibility index (Phi) is 6.15. The molecule has 24 heavy (non-hydrogen) atoms. The first-order valence-electron chi connectivity index (χ1n) is 7.65. The van der Waals surface area contributed by atoms with Crippen LogP contribution in [0.3, 0.4) is 0 Å². The van der Waals surface area contributed by atoms with Crippen LogP contribution < -0.4 is 10.9 Å². The van der Waals surface area contributed by atoms with E-state index >= 15 is 0 Å². The lowest BCUT2D eigenvalue weighted by Gasteiger charge is -2.43. The van der Waals surface area contributed by atoms with Gasteiger partial charge >= 0.3 is 0 Å². The molecule has 1 fully saturated rings. The topological polar surface area (TPSA) is 51.1 Å². The number of alkyl halides is 3. The van der Waals surface area contributed by atoms with Gasteiger partial charge in [0.2, 0.25) is 0 Å². The minimum Gasteiger partial charge on any atom is -0.296 e. The fourth-order valence-corrected chi connectivity index (χ4v) is 3.02. The Labute approximate surface area is 138 Å². The Morgan fingerprint density at radius 3 is 2.79 bits per heavy atom. The number of hydrogen-bond donors (Lipinski definition) is 2. The van der Waals surface area contributed by atoms with Crippen LogP contribution in [0.1, 0.15) is 30.4 Å². The number of nitrogens with zero attached hydrogens (tertiary/aromatic N) is 2. The minimum absolute atomic E-state index is 0.00191. The Morgan fingerprint density at radius 2 is 2.21 bits per heavy atom. The zero-order chi connectivity index (χ0) is 17.7. The predicted molar refractivity (Wildman–Crippen MR) is 81.3 cm³/mol. The van der Waals surface area contributed by atoms with Crippen LogP contribution in [0.2, 0.25) is 0 Å². The van der Waals surface area contributed by atoms with Crippen molar-refractivity contribution in [2.24, 2.45) is 0 Å². The maximum Gasteiger partial charge on any atom is 0.263 e. The van der Waals surface area contributed by atoms with Gasteiger partial charge < -0.3 is 0 Å². The van der Waals surface area contributed by atoms with E-state index in [1.807, 2.05) is 6.07 Å². The van der Waals surface area contributed by atoms with Crippen LogP contribution in [0.5, 0.6) is 0 Å². The maximum absolute atomic E-state index is 14.6. The largest absolute Gasteiger partial charge is 0.296 e. The first kappa shape index (κ1) is 18.6. The summed E-state index contributed by atoms with van der Waals surface area (Å²) in [4.78, 5) is 1.67. The van der Waals surface area contributed by atoms with Crippen LogP contribution in [-0.2, 0) is 6.54 Å². The van der Waals surface area contributed by atoms with E-state index < -0.39 is 24.0 Å². The van der Waals surface area contributed by atoms with E-state index in [0.717, 1.165) is 18.2 Å². The van der Waals surface area contributed by atoms with Crippen LogP contribution >= 0.6 is 0 Å². The number of halogens is 4. The Morgan fingerprint density at radius 1 is 1.46 bits per heavy atom. The SMILES string of the molecule is CNNC1(CC#N)CCN(Cc2cc(C(F)F)ccc2F)CC1F. The van der Waals surface area contributed by atoms with Crippen LogP contribution in [0.15, 0.2) is 18.2 Å². The second-order valence-corrected chi connectivity index (χ2v) is 5.97. The number of piperidine rings is 1. The number of hydrogen-bond acceptors (Lipinski definition) is 4. The molecule has 1 aliphatic rings. The summed E-state index contributed by atoms with van der Waals surface area (Å²) in [7, 11) is 1.60. The van der Waals surface area contributed by atoms with Crippen molar-refractivity contribution in [3.63, 3.8) is 0 Å². The molecule has 0 spiro atoms. The van der Waals surface area contributed by atoms with E-state index in [0.29, 0.717) is 13.0 Å². The van der Waals surface area contributed by atoms with E-state index in [-0.39, 0.29) is 30.6 Å². The smallest absolute Gasteiger partial charge is 0.263 e. The van der Waals surface area contributed by atoms with Gasteiger partial charge in [-0.3, -0.25) is 10.3 Å². The lowest BCUT2D eigenvalue weighted by atomic mass is 9.83. The van der Waals surface area contributed by atoms with Gasteiger partial charge in [-0.1, -0.05) is 6.07 Å². The van der Waals surface area contributed by atoms with Crippen molar-refractivity contribution in [2.45, 2.75) is 37.5 Å². The number of rotatable bonds is 6. The zero-order valence-electron chi connectivity index (χ0n) is 13.3. The third kappa shape index (κ3) is 4.04. The van der Waals surface area contributed by atoms with E-state index in [9.17, 15) is 17.6 Å². The molecule has 0 aromatic heterocycles. The van der Waals surface area contributed by atoms with E-state index in [1.165, 1.54) is 0 Å². The highest BCUT2D eigenvalue weighted by Crippen LogP contribution is 2.29. The fraction of sp³-hybridized carbons (Fsp3) is 0.562. The van der Waals surface area contributed by atoms with Gasteiger partial charge in [-0.2, -0.15) is 5.26 Å². The van der Waals surface area contributed by atoms with Gasteiger partial charge in [0.15, 0.2) is 0 Å². The van der Waals surface area contributed by atoms with Gasteiger partial charge in [0, 0.05) is 30.8 Å². The molecule has 1 aromatic carbocycles. The standard InChI is InChI=1S/C16H20F4N4/c1-22-23-16(4-6-21)5-7-24(10-14(16)18)9-12-8-11(15(19)20)2-3-13(12)17/h2-3,8,14-15,22-23H,4-5,7,9-10H2,1H3. The molecule has 8 heteroatoms. The molecular weight excluding hydrogens is 324 g/mol. The van der Waals surface area contributed by atoms with Crippen molar-refractivity contribution >= 4 is 0 Å². The van der Waals surface area contributed by atoms with E-state index in [1.54, 1.807) is 11.9 Å². The molecule has 0 aliphatic carbocycles. The molecule has 1 saturated heterocycles. The summed E-state index contributed by atoms with van der Waals surface area (Å²) in [6, 6.07) is 5.16. The normalized spacial score (nSPS) is 25.0. The number of nitriles is 1. The minimum atomic E-state index is -2.68. The summed E-state index contributed by atoms with van der Waals surface area (Å²) in [6.07, 6.45) is -3.68. The number of benzene rings is 1. The molecule has 4 nitrogen and oxygen atoms in total. The summed E-state index contributed by atoms with van der Waals surface area (Å²) in [5, 5.41) is 8.93. The van der Waals surface area contributed by atoms with E-state index in [4.69, 9.17) is 5.26 Å². The molecule has 1 aliphatic heterocycles. The van der Waals surface area contributed by atoms with Crippen LogP contribution in [0.25, 0.3) is 0 Å². The summed E-state index contributed by atoms with van der Waals surface area (Å²) in [5.41, 5.74) is 4.37. The maximum atomic E-state index is 14.6. The van der Waals surface area contributed by atoms with Crippen molar-refractivity contribution in [3.05, 3.63) is 35.1 Å². The highest BCUT2D eigenvalue weighted by molar-refractivity contribution is 5.26. The van der Waals surface area contributed by atoms with Crippen molar-refractivity contribution in [1.82, 2.24) is 15.8 Å². The summed E-state index contributed by atoms with van der Waals surface area (Å²) in [6.45, 7) is 0.471. The summed E-state index contributed by atoms with van der Waals surface area (Å²) in [5.74, 6) is -0.586. The van der Waals surface area contributed by atoms with E-state index in [2.05, 4.69) is 10.9 Å². The molecule has 2 unspecified atom stereocenters. The van der Waals surface area contributed by atoms with Gasteiger partial charge in [0.05, 0.1) is 18.0 Å². The van der Waals surface area contributed by atoms with Crippen LogP contribution in [-0.4, -0.2) is 36.7 Å². The molecule has 2 N–H and O–H groups in total. The number of nitrogens with one attached hydrogen (secondary N) is 2. The Hall–Kier alpha value is -1.69. The highest BCUT2D eigenvalue weighted by Gasteiger charge is 2.43. The molecule has 1 heterocycles. The van der Waals surface area contributed by atoms with Gasteiger partial charge in [-0.25, -0.2) is 23.0 Å². The Bertz CT molecular complexity index is 604. The lowest BCUT2D eigenvalue weighted by Crippen LogP contribution is -2.63. The first-order valence-corrected chi connectivity index (χ1v) is 7.65. The second-order valence-electron chi connectivity index (χ2n) is 5.97. The summed E-state index contributed by atoms with van der Waals surface area (Å²) >= 11 is 0. The van der Waals surface area contributed by atoms with Crippen molar-refractivity contribution in [3.8, 4) is 6.07 Å². The molecule has 0 radical (unpaired) electrons. The van der Waals surface area contributed by atoms with Crippen LogP contribution in [0.4, 0.5) is 17.6 Å². The fourth-order valence-electron chi connectivity index (χ4n) is 3.02. The molecule has 2 atom stereocenters. The van der Waals surface area contributed by atoms with Gasteiger partial charge in [-0.05, 0) is 25.6 Å². The third-order valence-corrected chi connectivity index (χ3v) is 4.38. The van der Waals surface area contributed by atoms with Crippen molar-refractivity contribution < 1.29 is 17.6 Å². The number of hydrazine groups is 1. The molecule has 0 saturated carbocycles. The van der Waals surface area contributed by atoms with Gasteiger partial charge in [0.25, 0.3) is 6.43 Å². The molecule has 2 rings (SSSR count). The zero-order valence-corrected chi connectivity index (χ0v) is 13.3. The predicted octanol–water partition coefficient (Wildman–Crippen LogP) is 2.68.